The van der Waals surface area contributed by atoms with E-state index in [0.717, 1.165) is 18.1 Å². The Hall–Kier alpha value is 0.230. The van der Waals surface area contributed by atoms with Crippen LogP contribution in [0.1, 0.15) is 6.92 Å². The van der Waals surface area contributed by atoms with Crippen molar-refractivity contribution in [3.05, 3.63) is 0 Å². The number of hydrogen-bond donors (Lipinski definition) is 3. The summed E-state index contributed by atoms with van der Waals surface area (Å²) in [4.78, 5) is 0. The van der Waals surface area contributed by atoms with Gasteiger partial charge in [0.05, 0.1) is 12.7 Å². The van der Waals surface area contributed by atoms with Crippen molar-refractivity contribution >= 4 is 11.8 Å². The molecule has 0 saturated heterocycles. The molecule has 0 aliphatic carbocycles. The van der Waals surface area contributed by atoms with Crippen molar-refractivity contribution in [3.63, 3.8) is 0 Å². The summed E-state index contributed by atoms with van der Waals surface area (Å²) in [7, 11) is 0. The Balaban J connectivity index is 2.89. The molecular weight excluding hydrogens is 162 g/mol. The van der Waals surface area contributed by atoms with Crippen molar-refractivity contribution in [1.29, 1.82) is 0 Å². The minimum atomic E-state index is -0.610. The third-order valence-corrected chi connectivity index (χ3v) is 2.12. The van der Waals surface area contributed by atoms with E-state index in [-0.39, 0.29) is 6.61 Å². The topological polar surface area (TPSA) is 52.5 Å². The Morgan fingerprint density at radius 2 is 2.27 bits per heavy atom. The number of aliphatic hydroxyl groups excluding tert-OH is 2. The van der Waals surface area contributed by atoms with Crippen LogP contribution in [0, 0.1) is 0 Å². The van der Waals surface area contributed by atoms with Crippen LogP contribution >= 0.6 is 11.8 Å². The smallest absolute Gasteiger partial charge is 0.0894 e. The highest BCUT2D eigenvalue weighted by atomic mass is 32.2. The molecule has 0 saturated carbocycles. The second kappa shape index (κ2) is 8.33. The highest BCUT2D eigenvalue weighted by Gasteiger charge is 1.98. The molecule has 0 aliphatic heterocycles. The van der Waals surface area contributed by atoms with Crippen LogP contribution < -0.4 is 5.32 Å². The number of thioether (sulfide) groups is 1. The number of nitrogens with one attached hydrogen (secondary N) is 1. The molecule has 1 atom stereocenters. The average Bonchev–Trinajstić information content (AvgIpc) is 2.04. The molecule has 0 aromatic rings. The molecule has 3 N–H and O–H groups in total. The third kappa shape index (κ3) is 8.13. The standard InChI is InChI=1S/C7H17NO2S/c1-2-11-4-3-8-5-7(10)6-9/h7-10H,2-6H2,1H3. The predicted octanol–water partition coefficient (Wildman–Crippen LogP) is -0.318. The third-order valence-electron chi connectivity index (χ3n) is 1.22. The Morgan fingerprint density at radius 1 is 1.55 bits per heavy atom. The summed E-state index contributed by atoms with van der Waals surface area (Å²) < 4.78 is 0. The van der Waals surface area contributed by atoms with E-state index in [1.165, 1.54) is 0 Å². The fraction of sp³-hybridized carbons (Fsp3) is 1.00. The van der Waals surface area contributed by atoms with E-state index in [4.69, 9.17) is 10.2 Å². The van der Waals surface area contributed by atoms with Crippen LogP contribution in [-0.4, -0.2) is 47.5 Å². The van der Waals surface area contributed by atoms with Crippen molar-refractivity contribution in [2.45, 2.75) is 13.0 Å². The lowest BCUT2D eigenvalue weighted by Gasteiger charge is -2.07. The van der Waals surface area contributed by atoms with E-state index < -0.39 is 6.10 Å². The summed E-state index contributed by atoms with van der Waals surface area (Å²) in [5.41, 5.74) is 0. The van der Waals surface area contributed by atoms with Gasteiger partial charge in [0.1, 0.15) is 0 Å². The molecule has 0 radical (unpaired) electrons. The lowest BCUT2D eigenvalue weighted by atomic mass is 10.4. The summed E-state index contributed by atoms with van der Waals surface area (Å²) in [5.74, 6) is 2.19. The van der Waals surface area contributed by atoms with E-state index in [2.05, 4.69) is 12.2 Å². The molecule has 11 heavy (non-hydrogen) atoms. The Kier molecular flexibility index (Phi) is 8.50. The maximum absolute atomic E-state index is 8.90. The number of aliphatic hydroxyl groups is 2. The van der Waals surface area contributed by atoms with Gasteiger partial charge in [0.2, 0.25) is 0 Å². The Labute approximate surface area is 72.2 Å². The molecule has 0 bridgehead atoms. The van der Waals surface area contributed by atoms with Crippen molar-refractivity contribution in [2.75, 3.05) is 31.2 Å². The first-order chi connectivity index (χ1) is 5.31. The zero-order valence-corrected chi connectivity index (χ0v) is 7.73. The summed E-state index contributed by atoms with van der Waals surface area (Å²) in [6.07, 6.45) is -0.610. The molecule has 0 aromatic heterocycles. The fourth-order valence-corrected chi connectivity index (χ4v) is 1.20. The largest absolute Gasteiger partial charge is 0.394 e. The maximum Gasteiger partial charge on any atom is 0.0894 e. The first kappa shape index (κ1) is 11.2. The van der Waals surface area contributed by atoms with E-state index in [1.54, 1.807) is 0 Å². The van der Waals surface area contributed by atoms with Gasteiger partial charge in [-0.3, -0.25) is 0 Å². The van der Waals surface area contributed by atoms with Gasteiger partial charge in [-0.05, 0) is 5.75 Å². The van der Waals surface area contributed by atoms with Gasteiger partial charge >= 0.3 is 0 Å². The highest BCUT2D eigenvalue weighted by Crippen LogP contribution is 1.94. The lowest BCUT2D eigenvalue weighted by Crippen LogP contribution is -2.30. The van der Waals surface area contributed by atoms with Crippen LogP contribution in [0.25, 0.3) is 0 Å². The SMILES string of the molecule is CCSCCNCC(O)CO. The number of hydrogen-bond acceptors (Lipinski definition) is 4. The fourth-order valence-electron chi connectivity index (χ4n) is 0.622. The molecule has 0 rings (SSSR count). The van der Waals surface area contributed by atoms with Crippen LogP contribution in [0.5, 0.6) is 0 Å². The predicted molar refractivity (Wildman–Crippen MR) is 49.0 cm³/mol. The molecule has 0 heterocycles. The van der Waals surface area contributed by atoms with Gasteiger partial charge in [-0.1, -0.05) is 6.92 Å². The zero-order chi connectivity index (χ0) is 8.53. The van der Waals surface area contributed by atoms with Gasteiger partial charge in [0, 0.05) is 18.8 Å². The van der Waals surface area contributed by atoms with Gasteiger partial charge in [0.25, 0.3) is 0 Å². The normalized spacial score (nSPS) is 13.4. The molecule has 1 unspecified atom stereocenters. The van der Waals surface area contributed by atoms with Crippen molar-refractivity contribution in [1.82, 2.24) is 5.32 Å². The van der Waals surface area contributed by atoms with Crippen LogP contribution in [0.2, 0.25) is 0 Å². The summed E-state index contributed by atoms with van der Waals surface area (Å²) in [6, 6.07) is 0. The highest BCUT2D eigenvalue weighted by molar-refractivity contribution is 7.99. The molecule has 0 aromatic carbocycles. The quantitative estimate of drug-likeness (QED) is 0.469. The van der Waals surface area contributed by atoms with E-state index >= 15 is 0 Å². The average molecular weight is 179 g/mol. The van der Waals surface area contributed by atoms with Gasteiger partial charge in [-0.2, -0.15) is 11.8 Å². The van der Waals surface area contributed by atoms with Gasteiger partial charge in [0.15, 0.2) is 0 Å². The molecule has 68 valence electrons. The monoisotopic (exact) mass is 179 g/mol. The van der Waals surface area contributed by atoms with Crippen LogP contribution in [0.3, 0.4) is 0 Å². The molecule has 0 amide bonds. The van der Waals surface area contributed by atoms with E-state index in [0.29, 0.717) is 6.54 Å². The number of rotatable bonds is 7. The second-order valence-corrected chi connectivity index (χ2v) is 3.63. The Bertz CT molecular complexity index is 82.8. The summed E-state index contributed by atoms with van der Waals surface area (Å²) in [5, 5.41) is 20.4. The van der Waals surface area contributed by atoms with Gasteiger partial charge < -0.3 is 15.5 Å². The molecule has 4 heteroatoms. The Morgan fingerprint density at radius 3 is 2.82 bits per heavy atom. The zero-order valence-electron chi connectivity index (χ0n) is 6.92. The molecule has 0 aliphatic rings. The molecule has 3 nitrogen and oxygen atoms in total. The van der Waals surface area contributed by atoms with Crippen molar-refractivity contribution in [3.8, 4) is 0 Å². The van der Waals surface area contributed by atoms with E-state index in [9.17, 15) is 0 Å². The van der Waals surface area contributed by atoms with Crippen LogP contribution in [-0.2, 0) is 0 Å². The van der Waals surface area contributed by atoms with E-state index in [1.807, 2.05) is 11.8 Å². The van der Waals surface area contributed by atoms with Crippen LogP contribution in [0.15, 0.2) is 0 Å². The molecule has 0 spiro atoms. The second-order valence-electron chi connectivity index (χ2n) is 2.24. The molecule has 0 fully saturated rings. The first-order valence-corrected chi connectivity index (χ1v) is 5.04. The minimum absolute atomic E-state index is 0.159. The van der Waals surface area contributed by atoms with Gasteiger partial charge in [-0.15, -0.1) is 0 Å². The maximum atomic E-state index is 8.90. The van der Waals surface area contributed by atoms with Crippen LogP contribution in [0.4, 0.5) is 0 Å². The molecular formula is C7H17NO2S. The van der Waals surface area contributed by atoms with Gasteiger partial charge in [-0.25, -0.2) is 0 Å². The first-order valence-electron chi connectivity index (χ1n) is 3.88. The lowest BCUT2D eigenvalue weighted by molar-refractivity contribution is 0.0950. The minimum Gasteiger partial charge on any atom is -0.394 e. The van der Waals surface area contributed by atoms with Crippen molar-refractivity contribution in [2.24, 2.45) is 0 Å². The summed E-state index contributed by atoms with van der Waals surface area (Å²) in [6.45, 7) is 3.34. The summed E-state index contributed by atoms with van der Waals surface area (Å²) >= 11 is 1.86. The van der Waals surface area contributed by atoms with Crippen molar-refractivity contribution < 1.29 is 10.2 Å².